The van der Waals surface area contributed by atoms with Gasteiger partial charge in [0.2, 0.25) is 0 Å². The van der Waals surface area contributed by atoms with Gasteiger partial charge in [-0.15, -0.1) is 0 Å². The Morgan fingerprint density at radius 2 is 2.06 bits per heavy atom. The molecule has 2 heterocycles. The zero-order valence-electron chi connectivity index (χ0n) is 17.2. The number of H-pyrrole nitrogens is 1. The molecule has 0 amide bonds. The minimum Gasteiger partial charge on any atom is -0.480 e. The molecule has 0 bridgehead atoms. The molecular formula is C22H21N5O5. The number of aromatic nitrogens is 3. The molecule has 0 radical (unpaired) electrons. The molecule has 0 saturated heterocycles. The number of aromatic amines is 1. The predicted molar refractivity (Wildman–Crippen MR) is 120 cm³/mol. The quantitative estimate of drug-likeness (QED) is 0.297. The Morgan fingerprint density at radius 3 is 2.78 bits per heavy atom. The lowest BCUT2D eigenvalue weighted by atomic mass is 10.1. The number of hydrogen-bond acceptors (Lipinski definition) is 6. The van der Waals surface area contributed by atoms with Crippen LogP contribution in [-0.4, -0.2) is 36.6 Å². The number of nitrogens with zero attached hydrogens (tertiary/aromatic N) is 3. The Morgan fingerprint density at radius 1 is 1.31 bits per heavy atom. The van der Waals surface area contributed by atoms with Gasteiger partial charge < -0.3 is 20.4 Å². The summed E-state index contributed by atoms with van der Waals surface area (Å²) in [5.74, 6) is -1.04. The first-order valence-corrected chi connectivity index (χ1v) is 10.0. The van der Waals surface area contributed by atoms with Crippen molar-refractivity contribution >= 4 is 33.6 Å². The molecule has 164 valence electrons. The SMILES string of the molecule is Cc1c(-c2nc3ccc([N+](=O)[O-])cc3[nH]c2=O)c2ccccc2n1CCCC(N)C(=O)O. The van der Waals surface area contributed by atoms with E-state index in [1.54, 1.807) is 0 Å². The number of carboxylic acids is 1. The van der Waals surface area contributed by atoms with E-state index in [4.69, 9.17) is 10.8 Å². The first kappa shape index (κ1) is 21.2. The number of para-hydroxylation sites is 1. The summed E-state index contributed by atoms with van der Waals surface area (Å²) in [6, 6.07) is 10.8. The topological polar surface area (TPSA) is 157 Å². The standard InChI is InChI=1S/C22H21N5O5/c1-12-19(20-21(28)25-17-11-13(27(31)32)8-9-16(17)24-20)14-5-2-3-7-18(14)26(12)10-4-6-15(23)22(29)30/h2-3,5,7-9,11,15H,4,6,10,23H2,1H3,(H,25,28)(H,29,30). The average molecular weight is 435 g/mol. The third-order valence-electron chi connectivity index (χ3n) is 5.57. The summed E-state index contributed by atoms with van der Waals surface area (Å²) in [6.07, 6.45) is 0.877. The number of nitro benzene ring substituents is 1. The van der Waals surface area contributed by atoms with Gasteiger partial charge in [-0.2, -0.15) is 0 Å². The summed E-state index contributed by atoms with van der Waals surface area (Å²) >= 11 is 0. The lowest BCUT2D eigenvalue weighted by Gasteiger charge is -2.10. The van der Waals surface area contributed by atoms with Gasteiger partial charge in [0.05, 0.1) is 16.0 Å². The first-order chi connectivity index (χ1) is 15.3. The molecule has 2 aromatic heterocycles. The van der Waals surface area contributed by atoms with Crippen LogP contribution < -0.4 is 11.3 Å². The largest absolute Gasteiger partial charge is 0.480 e. The van der Waals surface area contributed by atoms with Gasteiger partial charge in [0.25, 0.3) is 11.2 Å². The van der Waals surface area contributed by atoms with Gasteiger partial charge in [-0.25, -0.2) is 4.98 Å². The number of nitrogens with two attached hydrogens (primary N) is 1. The monoisotopic (exact) mass is 435 g/mol. The van der Waals surface area contributed by atoms with Crippen LogP contribution in [0.3, 0.4) is 0 Å². The van der Waals surface area contributed by atoms with Crippen molar-refractivity contribution in [3.05, 3.63) is 68.6 Å². The van der Waals surface area contributed by atoms with Gasteiger partial charge in [-0.1, -0.05) is 18.2 Å². The van der Waals surface area contributed by atoms with E-state index in [2.05, 4.69) is 9.97 Å². The molecule has 0 saturated carbocycles. The molecule has 4 aromatic rings. The molecule has 0 fully saturated rings. The summed E-state index contributed by atoms with van der Waals surface area (Å²) in [5.41, 5.74) is 8.38. The zero-order valence-corrected chi connectivity index (χ0v) is 17.2. The van der Waals surface area contributed by atoms with Crippen molar-refractivity contribution in [2.45, 2.75) is 32.4 Å². The number of aryl methyl sites for hydroxylation is 1. The third kappa shape index (κ3) is 3.71. The maximum Gasteiger partial charge on any atom is 0.320 e. The zero-order chi connectivity index (χ0) is 23.0. The van der Waals surface area contributed by atoms with Crippen LogP contribution in [-0.2, 0) is 11.3 Å². The fourth-order valence-corrected chi connectivity index (χ4v) is 3.97. The maximum absolute atomic E-state index is 12.9. The van der Waals surface area contributed by atoms with Crippen molar-refractivity contribution in [1.29, 1.82) is 0 Å². The van der Waals surface area contributed by atoms with E-state index in [1.165, 1.54) is 18.2 Å². The van der Waals surface area contributed by atoms with Gasteiger partial charge in [-0.05, 0) is 31.9 Å². The van der Waals surface area contributed by atoms with E-state index in [-0.39, 0.29) is 16.9 Å². The van der Waals surface area contributed by atoms with E-state index >= 15 is 0 Å². The summed E-state index contributed by atoms with van der Waals surface area (Å²) < 4.78 is 2.03. The number of carboxylic acid groups (broad SMARTS) is 1. The van der Waals surface area contributed by atoms with Gasteiger partial charge in [-0.3, -0.25) is 19.7 Å². The van der Waals surface area contributed by atoms with Crippen LogP contribution in [0.4, 0.5) is 5.69 Å². The molecule has 0 spiro atoms. The van der Waals surface area contributed by atoms with Crippen LogP contribution in [0.25, 0.3) is 33.2 Å². The third-order valence-corrected chi connectivity index (χ3v) is 5.57. The Hall–Kier alpha value is -4.05. The lowest BCUT2D eigenvalue weighted by Crippen LogP contribution is -2.30. The fraction of sp³-hybridized carbons (Fsp3) is 0.227. The van der Waals surface area contributed by atoms with Crippen molar-refractivity contribution in [2.75, 3.05) is 0 Å². The summed E-state index contributed by atoms with van der Waals surface area (Å²) in [5, 5.41) is 20.9. The van der Waals surface area contributed by atoms with Crippen LogP contribution in [0.15, 0.2) is 47.3 Å². The van der Waals surface area contributed by atoms with E-state index in [1.807, 2.05) is 35.8 Å². The smallest absolute Gasteiger partial charge is 0.320 e. The van der Waals surface area contributed by atoms with E-state index in [0.29, 0.717) is 30.5 Å². The van der Waals surface area contributed by atoms with Gasteiger partial charge in [0, 0.05) is 40.8 Å². The number of nitro groups is 1. The number of non-ortho nitro benzene ring substituents is 1. The van der Waals surface area contributed by atoms with Crippen molar-refractivity contribution < 1.29 is 14.8 Å². The van der Waals surface area contributed by atoms with Crippen LogP contribution >= 0.6 is 0 Å². The molecule has 32 heavy (non-hydrogen) atoms. The fourth-order valence-electron chi connectivity index (χ4n) is 3.97. The second kappa shape index (κ2) is 8.23. The summed E-state index contributed by atoms with van der Waals surface area (Å²) in [4.78, 5) is 41.7. The first-order valence-electron chi connectivity index (χ1n) is 10.0. The molecule has 0 aliphatic rings. The number of aliphatic carboxylic acids is 1. The van der Waals surface area contributed by atoms with Gasteiger partial charge >= 0.3 is 5.97 Å². The Kier molecular flexibility index (Phi) is 5.45. The number of hydrogen-bond donors (Lipinski definition) is 3. The number of rotatable bonds is 7. The molecular weight excluding hydrogens is 414 g/mol. The van der Waals surface area contributed by atoms with Crippen molar-refractivity contribution in [2.24, 2.45) is 5.73 Å². The highest BCUT2D eigenvalue weighted by Crippen LogP contribution is 2.33. The molecule has 4 rings (SSSR count). The van der Waals surface area contributed by atoms with Crippen molar-refractivity contribution in [1.82, 2.24) is 14.5 Å². The van der Waals surface area contributed by atoms with Crippen molar-refractivity contribution in [3.63, 3.8) is 0 Å². The molecule has 0 aliphatic heterocycles. The van der Waals surface area contributed by atoms with Crippen LogP contribution in [0.2, 0.25) is 0 Å². The Balaban J connectivity index is 1.82. The highest BCUT2D eigenvalue weighted by molar-refractivity contribution is 5.97. The second-order valence-electron chi connectivity index (χ2n) is 7.59. The van der Waals surface area contributed by atoms with Gasteiger partial charge in [0.15, 0.2) is 0 Å². The summed E-state index contributed by atoms with van der Waals surface area (Å²) in [7, 11) is 0. The lowest BCUT2D eigenvalue weighted by molar-refractivity contribution is -0.384. The maximum atomic E-state index is 12.9. The predicted octanol–water partition coefficient (Wildman–Crippen LogP) is 2.95. The molecule has 1 atom stereocenters. The molecule has 1 unspecified atom stereocenters. The molecule has 0 aliphatic carbocycles. The van der Waals surface area contributed by atoms with E-state index < -0.39 is 22.5 Å². The molecule has 10 heteroatoms. The number of carbonyl (C=O) groups is 1. The minimum atomic E-state index is -1.04. The van der Waals surface area contributed by atoms with E-state index in [0.717, 1.165) is 16.6 Å². The highest BCUT2D eigenvalue weighted by atomic mass is 16.6. The van der Waals surface area contributed by atoms with Crippen LogP contribution in [0.1, 0.15) is 18.5 Å². The number of benzene rings is 2. The molecule has 10 nitrogen and oxygen atoms in total. The normalized spacial score (nSPS) is 12.3. The van der Waals surface area contributed by atoms with E-state index in [9.17, 15) is 19.7 Å². The van der Waals surface area contributed by atoms with Crippen LogP contribution in [0, 0.1) is 17.0 Å². The Bertz CT molecular complexity index is 1420. The highest BCUT2D eigenvalue weighted by Gasteiger charge is 2.20. The average Bonchev–Trinajstić information content (AvgIpc) is 3.04. The molecule has 2 aromatic carbocycles. The summed E-state index contributed by atoms with van der Waals surface area (Å²) in [6.45, 7) is 2.42. The Labute approximate surface area is 181 Å². The van der Waals surface area contributed by atoms with Gasteiger partial charge in [0.1, 0.15) is 11.7 Å². The van der Waals surface area contributed by atoms with Crippen molar-refractivity contribution in [3.8, 4) is 11.3 Å². The second-order valence-corrected chi connectivity index (χ2v) is 7.59. The number of fused-ring (bicyclic) bond motifs is 2. The van der Waals surface area contributed by atoms with Crippen LogP contribution in [0.5, 0.6) is 0 Å². The minimum absolute atomic E-state index is 0.130. The molecule has 4 N–H and O–H groups in total. The number of nitrogens with one attached hydrogen (secondary N) is 1.